The van der Waals surface area contributed by atoms with Crippen LogP contribution in [0.3, 0.4) is 0 Å². The van der Waals surface area contributed by atoms with E-state index in [-0.39, 0.29) is 23.7 Å². The molecule has 0 saturated heterocycles. The Bertz CT molecular complexity index is 545. The van der Waals surface area contributed by atoms with E-state index in [9.17, 15) is 14.4 Å². The SMILES string of the molecule is CCN(CC(=O)N(C)C)C(=O)Nc1cncc(C(=O)O)c1. The second-order valence-electron chi connectivity index (χ2n) is 4.50. The lowest BCUT2D eigenvalue weighted by Gasteiger charge is -2.22. The number of hydrogen-bond donors (Lipinski definition) is 2. The molecule has 0 fully saturated rings. The molecule has 0 radical (unpaired) electrons. The number of carbonyl (C=O) groups excluding carboxylic acids is 2. The van der Waals surface area contributed by atoms with Gasteiger partial charge in [0.05, 0.1) is 17.4 Å². The zero-order valence-electron chi connectivity index (χ0n) is 12.2. The zero-order chi connectivity index (χ0) is 16.0. The second-order valence-corrected chi connectivity index (χ2v) is 4.50. The van der Waals surface area contributed by atoms with Gasteiger partial charge in [0.15, 0.2) is 0 Å². The Morgan fingerprint density at radius 2 is 1.95 bits per heavy atom. The number of pyridine rings is 1. The van der Waals surface area contributed by atoms with Gasteiger partial charge in [0.1, 0.15) is 6.54 Å². The maximum Gasteiger partial charge on any atom is 0.337 e. The largest absolute Gasteiger partial charge is 0.478 e. The lowest BCUT2D eigenvalue weighted by atomic mass is 10.2. The van der Waals surface area contributed by atoms with Crippen LogP contribution in [0.15, 0.2) is 18.5 Å². The van der Waals surface area contributed by atoms with Crippen molar-refractivity contribution < 1.29 is 19.5 Å². The fourth-order valence-electron chi connectivity index (χ4n) is 1.46. The van der Waals surface area contributed by atoms with E-state index in [1.807, 2.05) is 0 Å². The molecular formula is C13H18N4O4. The van der Waals surface area contributed by atoms with E-state index < -0.39 is 12.0 Å². The Balaban J connectivity index is 2.76. The van der Waals surface area contributed by atoms with Crippen LogP contribution < -0.4 is 5.32 Å². The van der Waals surface area contributed by atoms with E-state index >= 15 is 0 Å². The van der Waals surface area contributed by atoms with Crippen molar-refractivity contribution in [3.63, 3.8) is 0 Å². The van der Waals surface area contributed by atoms with E-state index in [0.29, 0.717) is 6.54 Å². The second kappa shape index (κ2) is 7.22. The first-order valence-corrected chi connectivity index (χ1v) is 6.29. The highest BCUT2D eigenvalue weighted by Crippen LogP contribution is 2.09. The normalized spacial score (nSPS) is 9.86. The fraction of sp³-hybridized carbons (Fsp3) is 0.385. The molecule has 114 valence electrons. The molecule has 3 amide bonds. The number of aromatic carboxylic acids is 1. The third-order valence-corrected chi connectivity index (χ3v) is 2.73. The van der Waals surface area contributed by atoms with Crippen LogP contribution >= 0.6 is 0 Å². The first-order chi connectivity index (χ1) is 9.85. The van der Waals surface area contributed by atoms with Gasteiger partial charge in [-0.1, -0.05) is 0 Å². The predicted molar refractivity (Wildman–Crippen MR) is 76.2 cm³/mol. The number of likely N-dealkylation sites (N-methyl/N-ethyl adjacent to an activating group) is 2. The first kappa shape index (κ1) is 16.4. The summed E-state index contributed by atoms with van der Waals surface area (Å²) in [4.78, 5) is 41.0. The van der Waals surface area contributed by atoms with Gasteiger partial charge >= 0.3 is 12.0 Å². The van der Waals surface area contributed by atoms with E-state index in [1.54, 1.807) is 21.0 Å². The average Bonchev–Trinajstić information content (AvgIpc) is 2.44. The third kappa shape index (κ3) is 4.75. The van der Waals surface area contributed by atoms with Crippen molar-refractivity contribution >= 4 is 23.6 Å². The molecule has 2 N–H and O–H groups in total. The predicted octanol–water partition coefficient (Wildman–Crippen LogP) is 0.722. The number of rotatable bonds is 5. The summed E-state index contributed by atoms with van der Waals surface area (Å²) in [7, 11) is 3.21. The molecule has 0 aliphatic rings. The van der Waals surface area contributed by atoms with Gasteiger partial charge in [0.2, 0.25) is 5.91 Å². The molecular weight excluding hydrogens is 276 g/mol. The van der Waals surface area contributed by atoms with Gasteiger partial charge in [-0.25, -0.2) is 9.59 Å². The van der Waals surface area contributed by atoms with Crippen LogP contribution in [0.25, 0.3) is 0 Å². The Morgan fingerprint density at radius 3 is 2.48 bits per heavy atom. The van der Waals surface area contributed by atoms with Crippen LogP contribution in [0.1, 0.15) is 17.3 Å². The first-order valence-electron chi connectivity index (χ1n) is 6.29. The highest BCUT2D eigenvalue weighted by molar-refractivity contribution is 5.94. The lowest BCUT2D eigenvalue weighted by Crippen LogP contribution is -2.42. The van der Waals surface area contributed by atoms with E-state index in [0.717, 1.165) is 0 Å². The third-order valence-electron chi connectivity index (χ3n) is 2.73. The number of nitrogens with one attached hydrogen (secondary N) is 1. The monoisotopic (exact) mass is 294 g/mol. The summed E-state index contributed by atoms with van der Waals surface area (Å²) in [6, 6.07) is 0.812. The molecule has 8 heteroatoms. The Morgan fingerprint density at radius 1 is 1.29 bits per heavy atom. The summed E-state index contributed by atoms with van der Waals surface area (Å²) in [5.74, 6) is -1.34. The summed E-state index contributed by atoms with van der Waals surface area (Å²) in [6.45, 7) is 2.04. The summed E-state index contributed by atoms with van der Waals surface area (Å²) in [5.41, 5.74) is 0.232. The minimum atomic E-state index is -1.13. The number of nitrogens with zero attached hydrogens (tertiary/aromatic N) is 3. The van der Waals surface area contributed by atoms with Crippen molar-refractivity contribution in [3.05, 3.63) is 24.0 Å². The molecule has 0 saturated carbocycles. The Hall–Kier alpha value is -2.64. The number of urea groups is 1. The number of carbonyl (C=O) groups is 3. The number of hydrogen-bond acceptors (Lipinski definition) is 4. The van der Waals surface area contributed by atoms with Gasteiger partial charge in [-0.05, 0) is 13.0 Å². The molecule has 1 rings (SSSR count). The van der Waals surface area contributed by atoms with E-state index in [2.05, 4.69) is 10.3 Å². The lowest BCUT2D eigenvalue weighted by molar-refractivity contribution is -0.129. The van der Waals surface area contributed by atoms with Crippen LogP contribution in [-0.4, -0.2) is 65.0 Å². The molecule has 0 aliphatic carbocycles. The van der Waals surface area contributed by atoms with Gasteiger partial charge in [0, 0.05) is 26.8 Å². The van der Waals surface area contributed by atoms with Crippen LogP contribution in [-0.2, 0) is 4.79 Å². The smallest absolute Gasteiger partial charge is 0.337 e. The van der Waals surface area contributed by atoms with E-state index in [1.165, 1.54) is 28.3 Å². The molecule has 1 heterocycles. The Labute approximate surface area is 122 Å². The average molecular weight is 294 g/mol. The fourth-order valence-corrected chi connectivity index (χ4v) is 1.46. The zero-order valence-corrected chi connectivity index (χ0v) is 12.2. The van der Waals surface area contributed by atoms with Crippen molar-refractivity contribution in [1.29, 1.82) is 0 Å². The summed E-state index contributed by atoms with van der Waals surface area (Å²) < 4.78 is 0. The maximum absolute atomic E-state index is 12.1. The number of carboxylic acids is 1. The van der Waals surface area contributed by atoms with Gasteiger partial charge in [-0.2, -0.15) is 0 Å². The molecule has 0 spiro atoms. The molecule has 0 bridgehead atoms. The molecule has 0 aliphatic heterocycles. The summed E-state index contributed by atoms with van der Waals surface area (Å²) in [6.07, 6.45) is 2.52. The standard InChI is InChI=1S/C13H18N4O4/c1-4-17(8-11(18)16(2)3)13(21)15-10-5-9(12(19)20)6-14-7-10/h5-7H,4,8H2,1-3H3,(H,15,21)(H,19,20). The molecule has 1 aromatic heterocycles. The minimum Gasteiger partial charge on any atom is -0.478 e. The molecule has 1 aromatic rings. The van der Waals surface area contributed by atoms with Gasteiger partial charge in [-0.15, -0.1) is 0 Å². The van der Waals surface area contributed by atoms with Crippen LogP contribution in [0.4, 0.5) is 10.5 Å². The van der Waals surface area contributed by atoms with Crippen LogP contribution in [0, 0.1) is 0 Å². The number of amides is 3. The molecule has 0 aromatic carbocycles. The van der Waals surface area contributed by atoms with Gasteiger partial charge in [0.25, 0.3) is 0 Å². The van der Waals surface area contributed by atoms with Crippen molar-refractivity contribution in [1.82, 2.24) is 14.8 Å². The van der Waals surface area contributed by atoms with Crippen molar-refractivity contribution in [3.8, 4) is 0 Å². The van der Waals surface area contributed by atoms with Crippen LogP contribution in [0.5, 0.6) is 0 Å². The molecule has 0 atom stereocenters. The highest BCUT2D eigenvalue weighted by Gasteiger charge is 2.17. The topological polar surface area (TPSA) is 103 Å². The van der Waals surface area contributed by atoms with Crippen molar-refractivity contribution in [2.75, 3.05) is 32.5 Å². The van der Waals surface area contributed by atoms with E-state index in [4.69, 9.17) is 5.11 Å². The Kier molecular flexibility index (Phi) is 5.65. The summed E-state index contributed by atoms with van der Waals surface area (Å²) in [5, 5.41) is 11.4. The molecule has 21 heavy (non-hydrogen) atoms. The minimum absolute atomic E-state index is 0.0276. The van der Waals surface area contributed by atoms with Gasteiger partial charge < -0.3 is 20.2 Å². The molecule has 0 unspecified atom stereocenters. The van der Waals surface area contributed by atoms with Crippen LogP contribution in [0.2, 0.25) is 0 Å². The summed E-state index contributed by atoms with van der Waals surface area (Å²) >= 11 is 0. The number of anilines is 1. The number of aromatic nitrogens is 1. The molecule has 8 nitrogen and oxygen atoms in total. The number of carboxylic acid groups (broad SMARTS) is 1. The van der Waals surface area contributed by atoms with Gasteiger partial charge in [-0.3, -0.25) is 9.78 Å². The highest BCUT2D eigenvalue weighted by atomic mass is 16.4. The van der Waals surface area contributed by atoms with Crippen molar-refractivity contribution in [2.45, 2.75) is 6.92 Å². The maximum atomic E-state index is 12.1. The quantitative estimate of drug-likeness (QED) is 0.833. The van der Waals surface area contributed by atoms with Crippen molar-refractivity contribution in [2.24, 2.45) is 0 Å².